The molecule has 0 heterocycles. The van der Waals surface area contributed by atoms with Gasteiger partial charge in [0.15, 0.2) is 0 Å². The number of carbonyl (C=O) groups is 2. The van der Waals surface area contributed by atoms with Crippen molar-refractivity contribution < 1.29 is 18.7 Å². The van der Waals surface area contributed by atoms with Crippen LogP contribution in [0.5, 0.6) is 0 Å². The Morgan fingerprint density at radius 1 is 1.48 bits per heavy atom. The van der Waals surface area contributed by atoms with E-state index in [9.17, 15) is 14.0 Å². The second-order valence-corrected chi connectivity index (χ2v) is 4.14. The average Bonchev–Trinajstić information content (AvgIpc) is 2.46. The number of hydrogen-bond acceptors (Lipinski definition) is 4. The van der Waals surface area contributed by atoms with E-state index in [-0.39, 0.29) is 18.7 Å². The standard InChI is InChI=1S/C15H17FN2O3/c1-3-21-15(20)10(2)18-14(19)13-9-12(16)7-6-11(13)5-4-8-17/h6-7,9-10H,3,8,17H2,1-2H3,(H,18,19). The molecule has 1 rings (SSSR count). The lowest BCUT2D eigenvalue weighted by Crippen LogP contribution is -2.39. The first kappa shape index (κ1) is 16.7. The largest absolute Gasteiger partial charge is 0.464 e. The van der Waals surface area contributed by atoms with Crippen LogP contribution in [-0.2, 0) is 9.53 Å². The Kier molecular flexibility index (Phi) is 6.37. The van der Waals surface area contributed by atoms with Crippen LogP contribution in [-0.4, -0.2) is 31.1 Å². The minimum Gasteiger partial charge on any atom is -0.464 e. The van der Waals surface area contributed by atoms with Crippen LogP contribution in [0.2, 0.25) is 0 Å². The molecule has 1 amide bonds. The molecule has 1 atom stereocenters. The van der Waals surface area contributed by atoms with Crippen LogP contribution >= 0.6 is 0 Å². The lowest BCUT2D eigenvalue weighted by atomic mass is 10.1. The lowest BCUT2D eigenvalue weighted by molar-refractivity contribution is -0.144. The Labute approximate surface area is 122 Å². The summed E-state index contributed by atoms with van der Waals surface area (Å²) in [6, 6.07) is 2.82. The Morgan fingerprint density at radius 3 is 2.81 bits per heavy atom. The van der Waals surface area contributed by atoms with E-state index in [1.165, 1.54) is 19.1 Å². The number of esters is 1. The van der Waals surface area contributed by atoms with Crippen LogP contribution in [0.25, 0.3) is 0 Å². The first-order valence-electron chi connectivity index (χ1n) is 6.45. The zero-order valence-corrected chi connectivity index (χ0v) is 11.9. The maximum Gasteiger partial charge on any atom is 0.328 e. The Balaban J connectivity index is 2.96. The number of hydrogen-bond donors (Lipinski definition) is 2. The SMILES string of the molecule is CCOC(=O)C(C)NC(=O)c1cc(F)ccc1C#CCN. The molecule has 0 aliphatic rings. The van der Waals surface area contributed by atoms with Crippen LogP contribution in [0.4, 0.5) is 4.39 Å². The summed E-state index contributed by atoms with van der Waals surface area (Å²) >= 11 is 0. The molecule has 0 fully saturated rings. The molecule has 6 heteroatoms. The Morgan fingerprint density at radius 2 is 2.19 bits per heavy atom. The molecule has 0 aliphatic carbocycles. The zero-order chi connectivity index (χ0) is 15.8. The fourth-order valence-electron chi connectivity index (χ4n) is 1.56. The van der Waals surface area contributed by atoms with Crippen LogP contribution < -0.4 is 11.1 Å². The van der Waals surface area contributed by atoms with Gasteiger partial charge in [0.1, 0.15) is 11.9 Å². The molecule has 112 valence electrons. The van der Waals surface area contributed by atoms with Gasteiger partial charge >= 0.3 is 5.97 Å². The van der Waals surface area contributed by atoms with E-state index in [1.54, 1.807) is 6.92 Å². The van der Waals surface area contributed by atoms with Gasteiger partial charge in [-0.15, -0.1) is 0 Å². The number of amides is 1. The van der Waals surface area contributed by atoms with Gasteiger partial charge in [0.25, 0.3) is 5.91 Å². The van der Waals surface area contributed by atoms with Crippen molar-refractivity contribution in [3.63, 3.8) is 0 Å². The van der Waals surface area contributed by atoms with Crippen LogP contribution in [0.15, 0.2) is 18.2 Å². The molecule has 0 spiro atoms. The highest BCUT2D eigenvalue weighted by Crippen LogP contribution is 2.11. The Bertz CT molecular complexity index is 590. The van der Waals surface area contributed by atoms with Crippen molar-refractivity contribution in [2.45, 2.75) is 19.9 Å². The lowest BCUT2D eigenvalue weighted by Gasteiger charge is -2.13. The summed E-state index contributed by atoms with van der Waals surface area (Å²) in [6.07, 6.45) is 0. The van der Waals surface area contributed by atoms with Crippen molar-refractivity contribution in [1.82, 2.24) is 5.32 Å². The third kappa shape index (κ3) is 4.89. The smallest absolute Gasteiger partial charge is 0.328 e. The highest BCUT2D eigenvalue weighted by atomic mass is 19.1. The highest BCUT2D eigenvalue weighted by Gasteiger charge is 2.19. The zero-order valence-electron chi connectivity index (χ0n) is 11.9. The molecular weight excluding hydrogens is 275 g/mol. The summed E-state index contributed by atoms with van der Waals surface area (Å²) in [5.41, 5.74) is 5.67. The van der Waals surface area contributed by atoms with E-state index in [4.69, 9.17) is 10.5 Å². The topological polar surface area (TPSA) is 81.4 Å². The van der Waals surface area contributed by atoms with Crippen molar-refractivity contribution in [3.05, 3.63) is 35.1 Å². The van der Waals surface area contributed by atoms with Crippen LogP contribution in [0, 0.1) is 17.7 Å². The maximum atomic E-state index is 13.3. The van der Waals surface area contributed by atoms with Gasteiger partial charge in [-0.1, -0.05) is 11.8 Å². The van der Waals surface area contributed by atoms with Crippen LogP contribution in [0.3, 0.4) is 0 Å². The summed E-state index contributed by atoms with van der Waals surface area (Å²) in [4.78, 5) is 23.6. The number of benzene rings is 1. The second kappa shape index (κ2) is 8.02. The number of ether oxygens (including phenoxy) is 1. The second-order valence-electron chi connectivity index (χ2n) is 4.14. The quantitative estimate of drug-likeness (QED) is 0.636. The van der Waals surface area contributed by atoms with E-state index in [2.05, 4.69) is 17.2 Å². The van der Waals surface area contributed by atoms with Crippen molar-refractivity contribution >= 4 is 11.9 Å². The number of halogens is 1. The van der Waals surface area contributed by atoms with E-state index in [0.717, 1.165) is 6.07 Å². The first-order valence-corrected chi connectivity index (χ1v) is 6.45. The average molecular weight is 292 g/mol. The molecule has 1 aromatic rings. The predicted octanol–water partition coefficient (Wildman–Crippen LogP) is 0.817. The van der Waals surface area contributed by atoms with E-state index < -0.39 is 23.7 Å². The molecule has 5 nitrogen and oxygen atoms in total. The van der Waals surface area contributed by atoms with Crippen LogP contribution in [0.1, 0.15) is 29.8 Å². The monoisotopic (exact) mass is 292 g/mol. The number of nitrogens with one attached hydrogen (secondary N) is 1. The molecular formula is C15H17FN2O3. The minimum absolute atomic E-state index is 0.0482. The third-order valence-electron chi connectivity index (χ3n) is 2.54. The summed E-state index contributed by atoms with van der Waals surface area (Å²) in [5, 5.41) is 2.45. The van der Waals surface area contributed by atoms with Gasteiger partial charge in [0.05, 0.1) is 18.7 Å². The number of carbonyl (C=O) groups excluding carboxylic acids is 2. The molecule has 1 unspecified atom stereocenters. The van der Waals surface area contributed by atoms with E-state index in [0.29, 0.717) is 5.56 Å². The molecule has 0 bridgehead atoms. The molecule has 1 aromatic carbocycles. The van der Waals surface area contributed by atoms with Gasteiger partial charge in [0.2, 0.25) is 0 Å². The number of nitrogens with two attached hydrogens (primary N) is 1. The molecule has 3 N–H and O–H groups in total. The molecule has 0 saturated carbocycles. The third-order valence-corrected chi connectivity index (χ3v) is 2.54. The number of rotatable bonds is 4. The molecule has 0 aromatic heterocycles. The predicted molar refractivity (Wildman–Crippen MR) is 75.9 cm³/mol. The van der Waals surface area contributed by atoms with Gasteiger partial charge in [-0.2, -0.15) is 0 Å². The minimum atomic E-state index is -0.837. The van der Waals surface area contributed by atoms with Gasteiger partial charge in [-0.05, 0) is 32.0 Å². The maximum absolute atomic E-state index is 13.3. The van der Waals surface area contributed by atoms with Gasteiger partial charge in [-0.25, -0.2) is 9.18 Å². The van der Waals surface area contributed by atoms with Gasteiger partial charge in [0, 0.05) is 5.56 Å². The Hall–Kier alpha value is -2.39. The van der Waals surface area contributed by atoms with E-state index in [1.807, 2.05) is 0 Å². The fraction of sp³-hybridized carbons (Fsp3) is 0.333. The molecule has 21 heavy (non-hydrogen) atoms. The van der Waals surface area contributed by atoms with E-state index >= 15 is 0 Å². The van der Waals surface area contributed by atoms with Crippen molar-refractivity contribution in [2.75, 3.05) is 13.2 Å². The van der Waals surface area contributed by atoms with Crippen molar-refractivity contribution in [2.24, 2.45) is 5.73 Å². The highest BCUT2D eigenvalue weighted by molar-refractivity contribution is 5.98. The van der Waals surface area contributed by atoms with Crippen molar-refractivity contribution in [1.29, 1.82) is 0 Å². The first-order chi connectivity index (χ1) is 9.99. The van der Waals surface area contributed by atoms with Crippen molar-refractivity contribution in [3.8, 4) is 11.8 Å². The molecule has 0 radical (unpaired) electrons. The summed E-state index contributed by atoms with van der Waals surface area (Å²) in [5.74, 6) is 3.56. The molecule has 0 aliphatic heterocycles. The van der Waals surface area contributed by atoms with Gasteiger partial charge in [-0.3, -0.25) is 4.79 Å². The summed E-state index contributed by atoms with van der Waals surface area (Å²) in [7, 11) is 0. The van der Waals surface area contributed by atoms with Gasteiger partial charge < -0.3 is 15.8 Å². The molecule has 0 saturated heterocycles. The summed E-state index contributed by atoms with van der Waals surface area (Å²) < 4.78 is 18.1. The summed E-state index contributed by atoms with van der Waals surface area (Å²) in [6.45, 7) is 3.49. The normalized spacial score (nSPS) is 11.0. The fourth-order valence-corrected chi connectivity index (χ4v) is 1.56.